The highest BCUT2D eigenvalue weighted by Crippen LogP contribution is 2.33. The zero-order valence-electron chi connectivity index (χ0n) is 22.9. The van der Waals surface area contributed by atoms with Gasteiger partial charge in [0.1, 0.15) is 11.8 Å². The highest BCUT2D eigenvalue weighted by atomic mass is 35.5. The lowest BCUT2D eigenvalue weighted by molar-refractivity contribution is 0.0466. The van der Waals surface area contributed by atoms with Crippen LogP contribution in [0.5, 0.6) is 0 Å². The largest absolute Gasteiger partial charge is 0.444 e. The Morgan fingerprint density at radius 2 is 1.85 bits per heavy atom. The van der Waals surface area contributed by atoms with Crippen molar-refractivity contribution in [2.75, 3.05) is 10.6 Å². The Labute approximate surface area is 238 Å². The molecule has 9 nitrogen and oxygen atoms in total. The maximum atomic E-state index is 12.1. The van der Waals surface area contributed by atoms with E-state index in [4.69, 9.17) is 16.3 Å². The molecule has 1 atom stereocenters. The lowest BCUT2D eigenvalue weighted by atomic mass is 9.85. The second-order valence-corrected chi connectivity index (χ2v) is 11.6. The number of carbonyl (C=O) groups excluding carboxylic acids is 1. The highest BCUT2D eigenvalue weighted by molar-refractivity contribution is 6.33. The van der Waals surface area contributed by atoms with Crippen LogP contribution in [0.25, 0.3) is 22.2 Å². The van der Waals surface area contributed by atoms with Gasteiger partial charge >= 0.3 is 6.09 Å². The van der Waals surface area contributed by atoms with E-state index >= 15 is 0 Å². The number of amides is 1. The van der Waals surface area contributed by atoms with E-state index in [-0.39, 0.29) is 12.0 Å². The first-order valence-corrected chi connectivity index (χ1v) is 13.9. The van der Waals surface area contributed by atoms with Gasteiger partial charge in [-0.1, -0.05) is 35.9 Å². The van der Waals surface area contributed by atoms with E-state index < -0.39 is 17.9 Å². The summed E-state index contributed by atoms with van der Waals surface area (Å²) in [5.74, 6) is 0.491. The van der Waals surface area contributed by atoms with Gasteiger partial charge in [0.05, 0.1) is 16.9 Å². The zero-order chi connectivity index (χ0) is 28.3. The minimum absolute atomic E-state index is 0.0550. The molecule has 2 aromatic carbocycles. The van der Waals surface area contributed by atoms with Gasteiger partial charge in [0.15, 0.2) is 0 Å². The number of benzene rings is 2. The summed E-state index contributed by atoms with van der Waals surface area (Å²) in [6.45, 7) is 5.54. The first-order chi connectivity index (χ1) is 19.1. The fraction of sp³-hybridized carbons (Fsp3) is 0.367. The molecule has 1 unspecified atom stereocenters. The molecule has 2 heterocycles. The molecule has 10 heteroatoms. The predicted molar refractivity (Wildman–Crippen MR) is 159 cm³/mol. The van der Waals surface area contributed by atoms with Gasteiger partial charge in [-0.2, -0.15) is 0 Å². The van der Waals surface area contributed by atoms with Crippen molar-refractivity contribution < 1.29 is 14.6 Å². The maximum absolute atomic E-state index is 12.1. The molecule has 1 aliphatic carbocycles. The van der Waals surface area contributed by atoms with Crippen LogP contribution in [-0.2, 0) is 4.74 Å². The van der Waals surface area contributed by atoms with Crippen LogP contribution in [-0.4, -0.2) is 44.0 Å². The summed E-state index contributed by atoms with van der Waals surface area (Å²) < 4.78 is 5.36. The number of aliphatic hydroxyl groups is 1. The summed E-state index contributed by atoms with van der Waals surface area (Å²) in [7, 11) is 0. The minimum Gasteiger partial charge on any atom is -0.444 e. The van der Waals surface area contributed by atoms with Crippen molar-refractivity contribution in [1.29, 1.82) is 0 Å². The van der Waals surface area contributed by atoms with Gasteiger partial charge in [0.25, 0.3) is 0 Å². The molecule has 0 spiro atoms. The van der Waals surface area contributed by atoms with Crippen LogP contribution in [0.15, 0.2) is 60.9 Å². The molecule has 0 radical (unpaired) electrons. The first-order valence-electron chi connectivity index (χ1n) is 13.5. The summed E-state index contributed by atoms with van der Waals surface area (Å²) in [6, 6.07) is 15.7. The van der Waals surface area contributed by atoms with Crippen molar-refractivity contribution in [3.05, 3.63) is 65.9 Å². The van der Waals surface area contributed by atoms with E-state index in [0.717, 1.165) is 53.5 Å². The lowest BCUT2D eigenvalue weighted by Gasteiger charge is -2.33. The second-order valence-electron chi connectivity index (χ2n) is 11.2. The Morgan fingerprint density at radius 1 is 1.10 bits per heavy atom. The molecule has 1 saturated carbocycles. The Balaban J connectivity index is 1.19. The summed E-state index contributed by atoms with van der Waals surface area (Å²) >= 11 is 6.48. The third-order valence-electron chi connectivity index (χ3n) is 6.96. The molecule has 2 aromatic heterocycles. The Kier molecular flexibility index (Phi) is 8.14. The number of aromatic nitrogens is 3. The number of rotatable bonds is 7. The Bertz CT molecular complexity index is 1480. The fourth-order valence-corrected chi connectivity index (χ4v) is 5.23. The number of para-hydroxylation sites is 1. The molecular weight excluding hydrogens is 528 g/mol. The van der Waals surface area contributed by atoms with Gasteiger partial charge in [-0.15, -0.1) is 0 Å². The average Bonchev–Trinajstić information content (AvgIpc) is 3.33. The third kappa shape index (κ3) is 6.84. The lowest BCUT2D eigenvalue weighted by Crippen LogP contribution is -2.42. The molecular formula is C30H35ClN6O3. The molecule has 1 aliphatic rings. The van der Waals surface area contributed by atoms with Crippen LogP contribution >= 0.6 is 11.6 Å². The molecule has 5 rings (SSSR count). The van der Waals surface area contributed by atoms with E-state index in [1.165, 1.54) is 0 Å². The number of anilines is 3. The molecule has 1 amide bonds. The van der Waals surface area contributed by atoms with E-state index in [1.54, 1.807) is 6.20 Å². The van der Waals surface area contributed by atoms with Crippen molar-refractivity contribution in [3.63, 3.8) is 0 Å². The number of fused-ring (bicyclic) bond motifs is 1. The molecule has 210 valence electrons. The first kappa shape index (κ1) is 27.7. The number of aliphatic hydroxyl groups excluding tert-OH is 1. The number of nitrogens with zero attached hydrogens (tertiary/aromatic N) is 2. The summed E-state index contributed by atoms with van der Waals surface area (Å²) in [5, 5.41) is 21.8. The monoisotopic (exact) mass is 562 g/mol. The quantitative estimate of drug-likeness (QED) is 0.156. The standard InChI is InChI=1S/C30H35ClN6O3/c1-30(2,3)40-29(39)36-19-13-11-18(12-14-19)27(38)34-20-7-6-8-21(15-20)35-28-33-17-24(31)26(37-28)23-16-32-25-10-5-4-9-22(23)25/h4-10,15-19,27,32,34,38H,11-14H2,1-3H3,(H,36,39)(H,33,35,37). The van der Waals surface area contributed by atoms with E-state index in [2.05, 4.69) is 30.9 Å². The fourth-order valence-electron chi connectivity index (χ4n) is 5.04. The highest BCUT2D eigenvalue weighted by Gasteiger charge is 2.28. The average molecular weight is 563 g/mol. The predicted octanol–water partition coefficient (Wildman–Crippen LogP) is 6.84. The smallest absolute Gasteiger partial charge is 0.407 e. The van der Waals surface area contributed by atoms with E-state index in [0.29, 0.717) is 16.7 Å². The Hall–Kier alpha value is -3.82. The molecule has 4 aromatic rings. The Morgan fingerprint density at radius 3 is 2.62 bits per heavy atom. The number of hydrogen-bond donors (Lipinski definition) is 5. The van der Waals surface area contributed by atoms with Crippen LogP contribution < -0.4 is 16.0 Å². The number of ether oxygens (including phenoxy) is 1. The molecule has 0 aliphatic heterocycles. The number of aromatic amines is 1. The van der Waals surface area contributed by atoms with Gasteiger partial charge in [0.2, 0.25) is 5.95 Å². The van der Waals surface area contributed by atoms with Gasteiger partial charge in [-0.25, -0.2) is 14.8 Å². The normalized spacial score (nSPS) is 18.2. The van der Waals surface area contributed by atoms with Crippen molar-refractivity contribution >= 4 is 45.9 Å². The van der Waals surface area contributed by atoms with Gasteiger partial charge < -0.3 is 30.8 Å². The van der Waals surface area contributed by atoms with Gasteiger partial charge in [-0.05, 0) is 70.7 Å². The number of halogens is 1. The minimum atomic E-state index is -0.710. The maximum Gasteiger partial charge on any atom is 0.407 e. The SMILES string of the molecule is CC(C)(C)OC(=O)NC1CCC(C(O)Nc2cccc(Nc3ncc(Cl)c(-c4c[nH]c5ccccc45)n3)c2)CC1. The van der Waals surface area contributed by atoms with Crippen molar-refractivity contribution in [1.82, 2.24) is 20.3 Å². The van der Waals surface area contributed by atoms with Crippen LogP contribution in [0.1, 0.15) is 46.5 Å². The second kappa shape index (κ2) is 11.7. The zero-order valence-corrected chi connectivity index (χ0v) is 23.6. The van der Waals surface area contributed by atoms with Crippen molar-refractivity contribution in [2.24, 2.45) is 5.92 Å². The molecule has 1 fully saturated rings. The van der Waals surface area contributed by atoms with Crippen molar-refractivity contribution in [3.8, 4) is 11.3 Å². The van der Waals surface area contributed by atoms with Crippen LogP contribution in [0, 0.1) is 5.92 Å². The molecule has 0 saturated heterocycles. The van der Waals surface area contributed by atoms with E-state index in [9.17, 15) is 9.90 Å². The van der Waals surface area contributed by atoms with Crippen LogP contribution in [0.2, 0.25) is 5.02 Å². The number of alkyl carbamates (subject to hydrolysis) is 1. The number of hydrogen-bond acceptors (Lipinski definition) is 7. The topological polar surface area (TPSA) is 124 Å². The molecule has 40 heavy (non-hydrogen) atoms. The van der Waals surface area contributed by atoms with Crippen LogP contribution in [0.4, 0.5) is 22.1 Å². The molecule has 5 N–H and O–H groups in total. The number of nitrogens with one attached hydrogen (secondary N) is 4. The third-order valence-corrected chi connectivity index (χ3v) is 7.24. The van der Waals surface area contributed by atoms with Gasteiger partial charge in [0, 0.05) is 46.0 Å². The summed E-state index contributed by atoms with van der Waals surface area (Å²) in [4.78, 5) is 24.4. The summed E-state index contributed by atoms with van der Waals surface area (Å²) in [5.41, 5.74) is 3.57. The number of H-pyrrole nitrogens is 1. The van der Waals surface area contributed by atoms with Crippen LogP contribution in [0.3, 0.4) is 0 Å². The number of carbonyl (C=O) groups is 1. The summed E-state index contributed by atoms with van der Waals surface area (Å²) in [6.07, 6.45) is 5.55. The van der Waals surface area contributed by atoms with Crippen molar-refractivity contribution in [2.45, 2.75) is 64.3 Å². The van der Waals surface area contributed by atoms with E-state index in [1.807, 2.05) is 75.5 Å². The molecule has 0 bridgehead atoms. The van der Waals surface area contributed by atoms with Gasteiger partial charge in [-0.3, -0.25) is 0 Å².